The Hall–Kier alpha value is -3.12. The second-order valence-corrected chi connectivity index (χ2v) is 5.73. The van der Waals surface area contributed by atoms with Gasteiger partial charge < -0.3 is 15.2 Å². The first-order valence-electron chi connectivity index (χ1n) is 7.55. The highest BCUT2D eigenvalue weighted by atomic mass is 32.1. The van der Waals surface area contributed by atoms with E-state index in [1.807, 2.05) is 36.4 Å². The van der Waals surface area contributed by atoms with Crippen molar-refractivity contribution < 1.29 is 14.6 Å². The summed E-state index contributed by atoms with van der Waals surface area (Å²) in [6.45, 7) is 0. The molecule has 0 unspecified atom stereocenters. The monoisotopic (exact) mass is 352 g/mol. The first-order valence-corrected chi connectivity index (χ1v) is 7.96. The van der Waals surface area contributed by atoms with Gasteiger partial charge in [-0.05, 0) is 41.2 Å². The molecule has 1 amide bonds. The average Bonchev–Trinajstić information content (AvgIpc) is 2.63. The molecular weight excluding hydrogens is 336 g/mol. The molecule has 0 bridgehead atoms. The molecule has 126 valence electrons. The second-order valence-electron chi connectivity index (χ2n) is 5.32. The third-order valence-electron chi connectivity index (χ3n) is 3.71. The van der Waals surface area contributed by atoms with Crippen LogP contribution < -0.4 is 15.4 Å². The number of rotatable bonds is 3. The van der Waals surface area contributed by atoms with Gasteiger partial charge in [0.05, 0.1) is 12.8 Å². The van der Waals surface area contributed by atoms with E-state index >= 15 is 0 Å². The number of ether oxygens (including phenoxy) is 1. The zero-order chi connectivity index (χ0) is 17.8. The Morgan fingerprint density at radius 2 is 1.84 bits per heavy atom. The van der Waals surface area contributed by atoms with Crippen molar-refractivity contribution in [3.63, 3.8) is 0 Å². The van der Waals surface area contributed by atoms with Crippen LogP contribution in [-0.4, -0.2) is 23.2 Å². The Bertz CT molecular complexity index is 951. The second kappa shape index (κ2) is 7.19. The molecular formula is C19H16N2O3S. The fourth-order valence-electron chi connectivity index (χ4n) is 2.49. The maximum Gasteiger partial charge on any atom is 0.258 e. The van der Waals surface area contributed by atoms with Gasteiger partial charge in [-0.15, -0.1) is 0 Å². The van der Waals surface area contributed by atoms with Crippen LogP contribution in [0.2, 0.25) is 0 Å². The average molecular weight is 352 g/mol. The molecule has 0 radical (unpaired) electrons. The molecule has 3 N–H and O–H groups in total. The minimum absolute atomic E-state index is 0.00237. The van der Waals surface area contributed by atoms with Crippen molar-refractivity contribution >= 4 is 39.7 Å². The summed E-state index contributed by atoms with van der Waals surface area (Å²) in [5.41, 5.74) is 0.875. The molecule has 0 aliphatic carbocycles. The van der Waals surface area contributed by atoms with E-state index in [0.717, 1.165) is 10.8 Å². The fraction of sp³-hybridized carbons (Fsp3) is 0.0526. The van der Waals surface area contributed by atoms with Gasteiger partial charge in [0.15, 0.2) is 5.11 Å². The summed E-state index contributed by atoms with van der Waals surface area (Å²) in [5.74, 6) is 0.239. The van der Waals surface area contributed by atoms with Crippen LogP contribution in [0.1, 0.15) is 10.4 Å². The standard InChI is InChI=1S/C19H16N2O3S/c1-24-13-9-10-17(22)16(11-13)20-19(25)21-18(23)15-8-4-6-12-5-2-3-7-14(12)15/h2-11,22H,1H3,(H2,20,21,23,25). The van der Waals surface area contributed by atoms with Gasteiger partial charge in [-0.3, -0.25) is 10.1 Å². The van der Waals surface area contributed by atoms with Gasteiger partial charge >= 0.3 is 0 Å². The molecule has 5 nitrogen and oxygen atoms in total. The highest BCUT2D eigenvalue weighted by Crippen LogP contribution is 2.27. The van der Waals surface area contributed by atoms with E-state index in [-0.39, 0.29) is 16.8 Å². The van der Waals surface area contributed by atoms with Crippen molar-refractivity contribution in [2.24, 2.45) is 0 Å². The van der Waals surface area contributed by atoms with Crippen molar-refractivity contribution in [1.82, 2.24) is 5.32 Å². The molecule has 0 heterocycles. The number of phenols is 1. The number of aromatic hydroxyl groups is 1. The van der Waals surface area contributed by atoms with Crippen LogP contribution >= 0.6 is 12.2 Å². The molecule has 25 heavy (non-hydrogen) atoms. The van der Waals surface area contributed by atoms with Gasteiger partial charge in [-0.2, -0.15) is 0 Å². The molecule has 0 aromatic heterocycles. The lowest BCUT2D eigenvalue weighted by molar-refractivity contribution is 0.0979. The molecule has 0 saturated heterocycles. The lowest BCUT2D eigenvalue weighted by atomic mass is 10.0. The molecule has 0 fully saturated rings. The quantitative estimate of drug-likeness (QED) is 0.495. The lowest BCUT2D eigenvalue weighted by Gasteiger charge is -2.13. The van der Waals surface area contributed by atoms with Gasteiger partial charge in [0.1, 0.15) is 11.5 Å². The Balaban J connectivity index is 1.78. The number of methoxy groups -OCH3 is 1. The minimum Gasteiger partial charge on any atom is -0.506 e. The Kier molecular flexibility index (Phi) is 4.81. The normalized spacial score (nSPS) is 10.3. The summed E-state index contributed by atoms with van der Waals surface area (Å²) in [5, 5.41) is 17.2. The Morgan fingerprint density at radius 1 is 1.08 bits per heavy atom. The fourth-order valence-corrected chi connectivity index (χ4v) is 2.69. The van der Waals surface area contributed by atoms with Crippen molar-refractivity contribution in [3.8, 4) is 11.5 Å². The molecule has 0 atom stereocenters. The number of fused-ring (bicyclic) bond motifs is 1. The number of benzene rings is 3. The van der Waals surface area contributed by atoms with Gasteiger partial charge in [0.25, 0.3) is 5.91 Å². The maximum absolute atomic E-state index is 12.5. The predicted molar refractivity (Wildman–Crippen MR) is 102 cm³/mol. The molecule has 0 aliphatic heterocycles. The summed E-state index contributed by atoms with van der Waals surface area (Å²) in [6, 6.07) is 17.8. The first kappa shape index (κ1) is 16.7. The third-order valence-corrected chi connectivity index (χ3v) is 3.92. The summed E-state index contributed by atoms with van der Waals surface area (Å²) in [4.78, 5) is 12.5. The first-order chi connectivity index (χ1) is 12.1. The van der Waals surface area contributed by atoms with Gasteiger partial charge in [0.2, 0.25) is 0 Å². The predicted octanol–water partition coefficient (Wildman–Crippen LogP) is 3.68. The minimum atomic E-state index is -0.323. The number of hydrogen-bond donors (Lipinski definition) is 3. The zero-order valence-electron chi connectivity index (χ0n) is 13.4. The summed E-state index contributed by atoms with van der Waals surface area (Å²) >= 11 is 5.18. The van der Waals surface area contributed by atoms with E-state index < -0.39 is 0 Å². The highest BCUT2D eigenvalue weighted by Gasteiger charge is 2.12. The van der Waals surface area contributed by atoms with Crippen LogP contribution in [0.5, 0.6) is 11.5 Å². The van der Waals surface area contributed by atoms with Crippen LogP contribution in [0.25, 0.3) is 10.8 Å². The summed E-state index contributed by atoms with van der Waals surface area (Å²) < 4.78 is 5.11. The highest BCUT2D eigenvalue weighted by molar-refractivity contribution is 7.80. The zero-order valence-corrected chi connectivity index (χ0v) is 14.3. The molecule has 6 heteroatoms. The van der Waals surface area contributed by atoms with Crippen LogP contribution in [0.15, 0.2) is 60.7 Å². The summed E-state index contributed by atoms with van der Waals surface area (Å²) in [6.07, 6.45) is 0. The molecule has 0 aliphatic rings. The number of hydrogen-bond acceptors (Lipinski definition) is 4. The van der Waals surface area contributed by atoms with Crippen molar-refractivity contribution in [1.29, 1.82) is 0 Å². The lowest BCUT2D eigenvalue weighted by Crippen LogP contribution is -2.34. The number of thiocarbonyl (C=S) groups is 1. The molecule has 3 aromatic carbocycles. The number of anilines is 1. The van der Waals surface area contributed by atoms with E-state index in [2.05, 4.69) is 10.6 Å². The topological polar surface area (TPSA) is 70.6 Å². The van der Waals surface area contributed by atoms with Gasteiger partial charge in [0, 0.05) is 11.6 Å². The number of carbonyl (C=O) groups excluding carboxylic acids is 1. The summed E-state index contributed by atoms with van der Waals surface area (Å²) in [7, 11) is 1.52. The smallest absolute Gasteiger partial charge is 0.258 e. The molecule has 3 rings (SSSR count). The number of carbonyl (C=O) groups is 1. The van der Waals surface area contributed by atoms with Crippen LogP contribution in [0.3, 0.4) is 0 Å². The van der Waals surface area contributed by atoms with E-state index in [9.17, 15) is 9.90 Å². The van der Waals surface area contributed by atoms with Crippen LogP contribution in [-0.2, 0) is 0 Å². The van der Waals surface area contributed by atoms with Crippen LogP contribution in [0, 0.1) is 0 Å². The Labute approximate surface area is 150 Å². The Morgan fingerprint density at radius 3 is 2.64 bits per heavy atom. The van der Waals surface area contributed by atoms with E-state index in [1.54, 1.807) is 18.2 Å². The van der Waals surface area contributed by atoms with Gasteiger partial charge in [-0.25, -0.2) is 0 Å². The van der Waals surface area contributed by atoms with Crippen molar-refractivity contribution in [3.05, 3.63) is 66.2 Å². The van der Waals surface area contributed by atoms with E-state index in [4.69, 9.17) is 17.0 Å². The number of amides is 1. The molecule has 0 spiro atoms. The molecule has 0 saturated carbocycles. The SMILES string of the molecule is COc1ccc(O)c(NC(=S)NC(=O)c2cccc3ccccc23)c1. The third kappa shape index (κ3) is 3.70. The van der Waals surface area contributed by atoms with Crippen LogP contribution in [0.4, 0.5) is 5.69 Å². The maximum atomic E-state index is 12.5. The van der Waals surface area contributed by atoms with Gasteiger partial charge in [-0.1, -0.05) is 36.4 Å². The number of phenolic OH excluding ortho intramolecular Hbond substituents is 1. The number of nitrogens with one attached hydrogen (secondary N) is 2. The molecule has 3 aromatic rings. The van der Waals surface area contributed by atoms with Crippen molar-refractivity contribution in [2.45, 2.75) is 0 Å². The largest absolute Gasteiger partial charge is 0.506 e. The van der Waals surface area contributed by atoms with E-state index in [1.165, 1.54) is 13.2 Å². The van der Waals surface area contributed by atoms with E-state index in [0.29, 0.717) is 17.0 Å². The van der Waals surface area contributed by atoms with Crippen molar-refractivity contribution in [2.75, 3.05) is 12.4 Å².